The summed E-state index contributed by atoms with van der Waals surface area (Å²) in [5, 5.41) is 0. The Kier molecular flexibility index (Phi) is 3.77. The molecule has 132 valence electrons. The fraction of sp³-hybridized carbons (Fsp3) is 0.211. The van der Waals surface area contributed by atoms with E-state index in [0.29, 0.717) is 16.9 Å². The fourth-order valence-corrected chi connectivity index (χ4v) is 4.92. The van der Waals surface area contributed by atoms with E-state index in [1.165, 1.54) is 16.7 Å². The molecule has 2 heterocycles. The third-order valence-electron chi connectivity index (χ3n) is 4.67. The predicted octanol–water partition coefficient (Wildman–Crippen LogP) is 1.76. The number of anilines is 2. The molecule has 1 fully saturated rings. The van der Waals surface area contributed by atoms with Gasteiger partial charge in [0, 0.05) is 11.3 Å². The molecule has 3 amide bonds. The van der Waals surface area contributed by atoms with Crippen molar-refractivity contribution in [3.63, 3.8) is 0 Å². The summed E-state index contributed by atoms with van der Waals surface area (Å²) in [6.45, 7) is 1.75. The maximum Gasteiger partial charge on any atom is 0.269 e. The summed E-state index contributed by atoms with van der Waals surface area (Å²) in [6, 6.07) is 14.7. The first-order chi connectivity index (χ1) is 12.4. The number of benzene rings is 2. The molecule has 1 spiro atoms. The number of thioether (sulfide) groups is 1. The first kappa shape index (κ1) is 16.7. The molecule has 4 rings (SSSR count). The summed E-state index contributed by atoms with van der Waals surface area (Å²) in [6.07, 6.45) is 0. The molecule has 2 aromatic rings. The number of carbonyl (C=O) groups is 3. The number of amides is 3. The van der Waals surface area contributed by atoms with Crippen LogP contribution < -0.4 is 15.5 Å². The van der Waals surface area contributed by atoms with Crippen molar-refractivity contribution in [3.8, 4) is 0 Å². The van der Waals surface area contributed by atoms with Crippen LogP contribution in [-0.4, -0.2) is 30.0 Å². The Bertz CT molecular complexity index is 928. The zero-order valence-corrected chi connectivity index (χ0v) is 15.0. The average molecular weight is 367 g/mol. The first-order valence-corrected chi connectivity index (χ1v) is 9.17. The quantitative estimate of drug-likeness (QED) is 0.896. The number of carbonyl (C=O) groups excluding carboxylic acids is 3. The lowest BCUT2D eigenvalue weighted by Crippen LogP contribution is -2.51. The van der Waals surface area contributed by atoms with Crippen LogP contribution in [0, 0.1) is 6.92 Å². The molecule has 0 saturated carbocycles. The Balaban J connectivity index is 1.91. The van der Waals surface area contributed by atoms with Crippen molar-refractivity contribution in [1.82, 2.24) is 0 Å². The van der Waals surface area contributed by atoms with Gasteiger partial charge in [-0.25, -0.2) is 0 Å². The van der Waals surface area contributed by atoms with Gasteiger partial charge in [-0.3, -0.25) is 24.2 Å². The van der Waals surface area contributed by atoms with Crippen molar-refractivity contribution in [3.05, 3.63) is 59.7 Å². The van der Waals surface area contributed by atoms with Gasteiger partial charge in [0.1, 0.15) is 6.54 Å². The van der Waals surface area contributed by atoms with Gasteiger partial charge in [-0.2, -0.15) is 0 Å². The SMILES string of the molecule is Cc1ccc(N2C(=O)CS[C@]23C(=O)N(CC(N)=O)c2ccccc23)cc1. The number of hydrogen-bond donors (Lipinski definition) is 1. The number of aryl methyl sites for hydroxylation is 1. The van der Waals surface area contributed by atoms with Gasteiger partial charge in [-0.05, 0) is 25.1 Å². The summed E-state index contributed by atoms with van der Waals surface area (Å²) >= 11 is 1.28. The molecule has 2 N–H and O–H groups in total. The van der Waals surface area contributed by atoms with Gasteiger partial charge in [-0.15, -0.1) is 11.8 Å². The van der Waals surface area contributed by atoms with E-state index < -0.39 is 10.8 Å². The lowest BCUT2D eigenvalue weighted by Gasteiger charge is -2.33. The fourth-order valence-electron chi connectivity index (χ4n) is 3.56. The second-order valence-electron chi connectivity index (χ2n) is 6.37. The van der Waals surface area contributed by atoms with Crippen LogP contribution in [0.15, 0.2) is 48.5 Å². The van der Waals surface area contributed by atoms with E-state index in [-0.39, 0.29) is 24.1 Å². The largest absolute Gasteiger partial charge is 0.368 e. The molecule has 26 heavy (non-hydrogen) atoms. The van der Waals surface area contributed by atoms with E-state index in [4.69, 9.17) is 5.73 Å². The highest BCUT2D eigenvalue weighted by Gasteiger charge is 2.61. The van der Waals surface area contributed by atoms with Gasteiger partial charge in [0.25, 0.3) is 5.91 Å². The molecule has 0 aromatic heterocycles. The molecule has 0 bridgehead atoms. The highest BCUT2D eigenvalue weighted by Crippen LogP contribution is 2.55. The molecule has 0 unspecified atom stereocenters. The minimum Gasteiger partial charge on any atom is -0.368 e. The molecule has 0 radical (unpaired) electrons. The highest BCUT2D eigenvalue weighted by atomic mass is 32.2. The van der Waals surface area contributed by atoms with E-state index in [1.807, 2.05) is 43.3 Å². The minimum absolute atomic E-state index is 0.136. The minimum atomic E-state index is -1.20. The van der Waals surface area contributed by atoms with Gasteiger partial charge < -0.3 is 5.73 Å². The molecule has 6 nitrogen and oxygen atoms in total. The molecule has 1 saturated heterocycles. The third-order valence-corrected chi connectivity index (χ3v) is 6.06. The van der Waals surface area contributed by atoms with Crippen LogP contribution in [0.1, 0.15) is 11.1 Å². The summed E-state index contributed by atoms with van der Waals surface area (Å²) in [5.74, 6) is -0.850. The summed E-state index contributed by atoms with van der Waals surface area (Å²) in [5.41, 5.74) is 8.41. The van der Waals surface area contributed by atoms with E-state index in [9.17, 15) is 14.4 Å². The number of rotatable bonds is 3. The standard InChI is InChI=1S/C19H17N3O3S/c1-12-6-8-13(9-7-12)22-17(24)11-26-19(22)14-4-2-3-5-15(14)21(18(19)25)10-16(20)23/h2-9H,10-11H2,1H3,(H2,20,23)/t19-/m1/s1. The highest BCUT2D eigenvalue weighted by molar-refractivity contribution is 8.02. The molecular weight excluding hydrogens is 350 g/mol. The van der Waals surface area contributed by atoms with Gasteiger partial charge >= 0.3 is 0 Å². The number of nitrogens with zero attached hydrogens (tertiary/aromatic N) is 2. The zero-order valence-electron chi connectivity index (χ0n) is 14.1. The van der Waals surface area contributed by atoms with E-state index >= 15 is 0 Å². The van der Waals surface area contributed by atoms with Crippen molar-refractivity contribution in [1.29, 1.82) is 0 Å². The molecular formula is C19H17N3O3S. The Morgan fingerprint density at radius 1 is 1.15 bits per heavy atom. The zero-order chi connectivity index (χ0) is 18.5. The summed E-state index contributed by atoms with van der Waals surface area (Å²) < 4.78 is 0. The van der Waals surface area contributed by atoms with Crippen LogP contribution in [0.25, 0.3) is 0 Å². The Morgan fingerprint density at radius 2 is 1.85 bits per heavy atom. The maximum absolute atomic E-state index is 13.4. The number of para-hydroxylation sites is 1. The van der Waals surface area contributed by atoms with E-state index in [1.54, 1.807) is 17.0 Å². The molecule has 0 aliphatic carbocycles. The second kappa shape index (κ2) is 5.88. The Morgan fingerprint density at radius 3 is 2.54 bits per heavy atom. The predicted molar refractivity (Wildman–Crippen MR) is 101 cm³/mol. The monoisotopic (exact) mass is 367 g/mol. The molecule has 2 aromatic carbocycles. The van der Waals surface area contributed by atoms with Gasteiger partial charge in [-0.1, -0.05) is 35.9 Å². The Labute approximate surface area is 154 Å². The van der Waals surface area contributed by atoms with E-state index in [0.717, 1.165) is 5.56 Å². The normalized spacial score (nSPS) is 21.6. The smallest absolute Gasteiger partial charge is 0.269 e. The van der Waals surface area contributed by atoms with Crippen LogP contribution in [0.4, 0.5) is 11.4 Å². The number of primary amides is 1. The first-order valence-electron chi connectivity index (χ1n) is 8.18. The van der Waals surface area contributed by atoms with Crippen molar-refractivity contribution in [2.45, 2.75) is 11.8 Å². The van der Waals surface area contributed by atoms with Crippen molar-refractivity contribution < 1.29 is 14.4 Å². The number of hydrogen-bond acceptors (Lipinski definition) is 4. The average Bonchev–Trinajstić information content (AvgIpc) is 3.08. The van der Waals surface area contributed by atoms with Crippen LogP contribution >= 0.6 is 11.8 Å². The topological polar surface area (TPSA) is 83.7 Å². The van der Waals surface area contributed by atoms with Gasteiger partial charge in [0.05, 0.1) is 11.4 Å². The van der Waals surface area contributed by atoms with E-state index in [2.05, 4.69) is 0 Å². The number of nitrogens with two attached hydrogens (primary N) is 1. The van der Waals surface area contributed by atoms with Crippen LogP contribution in [0.3, 0.4) is 0 Å². The summed E-state index contributed by atoms with van der Waals surface area (Å²) in [4.78, 5) is 39.4. The lowest BCUT2D eigenvalue weighted by molar-refractivity contribution is -0.125. The van der Waals surface area contributed by atoms with Crippen LogP contribution in [-0.2, 0) is 19.3 Å². The molecule has 2 aliphatic heterocycles. The maximum atomic E-state index is 13.4. The van der Waals surface area contributed by atoms with Crippen molar-refractivity contribution >= 4 is 40.9 Å². The van der Waals surface area contributed by atoms with Gasteiger partial charge in [0.15, 0.2) is 0 Å². The van der Waals surface area contributed by atoms with Crippen LogP contribution in [0.2, 0.25) is 0 Å². The van der Waals surface area contributed by atoms with Crippen molar-refractivity contribution in [2.24, 2.45) is 5.73 Å². The lowest BCUT2D eigenvalue weighted by atomic mass is 10.0. The molecule has 7 heteroatoms. The summed E-state index contributed by atoms with van der Waals surface area (Å²) in [7, 11) is 0. The van der Waals surface area contributed by atoms with Gasteiger partial charge in [0.2, 0.25) is 16.7 Å². The Hall–Kier alpha value is -2.80. The molecule has 1 atom stereocenters. The van der Waals surface area contributed by atoms with Crippen LogP contribution in [0.5, 0.6) is 0 Å². The third kappa shape index (κ3) is 2.24. The number of fused-ring (bicyclic) bond motifs is 2. The van der Waals surface area contributed by atoms with Crippen molar-refractivity contribution in [2.75, 3.05) is 22.1 Å². The molecule has 2 aliphatic rings. The second-order valence-corrected chi connectivity index (χ2v) is 7.54.